The van der Waals surface area contributed by atoms with E-state index < -0.39 is 0 Å². The van der Waals surface area contributed by atoms with Gasteiger partial charge < -0.3 is 4.90 Å². The van der Waals surface area contributed by atoms with Gasteiger partial charge in [0.2, 0.25) is 11.1 Å². The van der Waals surface area contributed by atoms with Crippen molar-refractivity contribution in [3.05, 3.63) is 5.82 Å². The Hall–Kier alpha value is -1.04. The molecule has 1 heterocycles. The fraction of sp³-hybridized carbons (Fsp3) is 0.700. The minimum absolute atomic E-state index is 0.0859. The minimum atomic E-state index is -0.141. The summed E-state index contributed by atoms with van der Waals surface area (Å²) >= 11 is 1.40. The molecule has 1 N–H and O–H groups in total. The lowest BCUT2D eigenvalue weighted by molar-refractivity contribution is -0.127. The van der Waals surface area contributed by atoms with Crippen LogP contribution in [0.5, 0.6) is 0 Å². The lowest BCUT2D eigenvalue weighted by atomic mass is 10.4. The number of carbonyl (C=O) groups is 1. The molecule has 1 aliphatic rings. The third-order valence-corrected chi connectivity index (χ3v) is 3.47. The van der Waals surface area contributed by atoms with E-state index >= 15 is 0 Å². The third kappa shape index (κ3) is 2.55. The number of thioether (sulfide) groups is 1. The first-order valence-electron chi connectivity index (χ1n) is 5.38. The molecule has 2 rings (SSSR count). The Kier molecular flexibility index (Phi) is 3.18. The lowest BCUT2D eigenvalue weighted by Crippen LogP contribution is -2.29. The highest BCUT2D eigenvalue weighted by molar-refractivity contribution is 8.00. The molecule has 1 aromatic rings. The average Bonchev–Trinajstić information content (AvgIpc) is 2.99. The number of hydrogen-bond donors (Lipinski definition) is 1. The monoisotopic (exact) mass is 240 g/mol. The summed E-state index contributed by atoms with van der Waals surface area (Å²) in [6.45, 7) is 1.88. The molecule has 1 fully saturated rings. The van der Waals surface area contributed by atoms with E-state index in [4.69, 9.17) is 0 Å². The van der Waals surface area contributed by atoms with E-state index in [1.165, 1.54) is 24.6 Å². The second-order valence-electron chi connectivity index (χ2n) is 4.27. The van der Waals surface area contributed by atoms with Crippen LogP contribution in [0.3, 0.4) is 0 Å². The summed E-state index contributed by atoms with van der Waals surface area (Å²) in [6, 6.07) is 0. The summed E-state index contributed by atoms with van der Waals surface area (Å²) in [7, 11) is 3.51. The van der Waals surface area contributed by atoms with Crippen LogP contribution >= 0.6 is 11.8 Å². The van der Waals surface area contributed by atoms with Gasteiger partial charge in [-0.3, -0.25) is 9.89 Å². The van der Waals surface area contributed by atoms with Gasteiger partial charge in [0.15, 0.2) is 0 Å². The standard InChI is InChI=1S/C10H16N4OS/c1-6(9(15)14(2)3)16-10-11-8(12-13-10)7-4-5-7/h6-7H,4-5H2,1-3H3,(H,11,12,13). The van der Waals surface area contributed by atoms with Crippen molar-refractivity contribution in [1.82, 2.24) is 20.1 Å². The molecule has 1 aliphatic carbocycles. The Morgan fingerprint density at radius 3 is 2.81 bits per heavy atom. The minimum Gasteiger partial charge on any atom is -0.348 e. The molecule has 0 radical (unpaired) electrons. The van der Waals surface area contributed by atoms with Crippen LogP contribution in [-0.4, -0.2) is 45.3 Å². The average molecular weight is 240 g/mol. The van der Waals surface area contributed by atoms with Crippen LogP contribution in [0.1, 0.15) is 31.5 Å². The maximum absolute atomic E-state index is 11.6. The molecule has 1 aromatic heterocycles. The molecule has 1 unspecified atom stereocenters. The number of aromatic nitrogens is 3. The number of H-pyrrole nitrogens is 1. The quantitative estimate of drug-likeness (QED) is 0.805. The van der Waals surface area contributed by atoms with Crippen molar-refractivity contribution in [2.45, 2.75) is 36.1 Å². The van der Waals surface area contributed by atoms with Crippen molar-refractivity contribution in [2.24, 2.45) is 0 Å². The van der Waals surface area contributed by atoms with E-state index in [9.17, 15) is 4.79 Å². The summed E-state index contributed by atoms with van der Waals surface area (Å²) in [4.78, 5) is 17.6. The fourth-order valence-electron chi connectivity index (χ4n) is 1.42. The van der Waals surface area contributed by atoms with Crippen LogP contribution in [0.15, 0.2) is 5.16 Å². The van der Waals surface area contributed by atoms with Crippen LogP contribution in [0.25, 0.3) is 0 Å². The largest absolute Gasteiger partial charge is 0.348 e. The molecule has 0 spiro atoms. The number of rotatable bonds is 4. The van der Waals surface area contributed by atoms with Gasteiger partial charge in [0.25, 0.3) is 0 Å². The van der Waals surface area contributed by atoms with E-state index in [2.05, 4.69) is 15.2 Å². The van der Waals surface area contributed by atoms with Crippen LogP contribution in [0.4, 0.5) is 0 Å². The van der Waals surface area contributed by atoms with Gasteiger partial charge in [0.1, 0.15) is 5.82 Å². The van der Waals surface area contributed by atoms with E-state index in [1.54, 1.807) is 19.0 Å². The van der Waals surface area contributed by atoms with Crippen LogP contribution < -0.4 is 0 Å². The van der Waals surface area contributed by atoms with Gasteiger partial charge in [-0.2, -0.15) is 0 Å². The topological polar surface area (TPSA) is 61.9 Å². The summed E-state index contributed by atoms with van der Waals surface area (Å²) in [6.07, 6.45) is 2.40. The highest BCUT2D eigenvalue weighted by Gasteiger charge is 2.28. The fourth-order valence-corrected chi connectivity index (χ4v) is 2.30. The SMILES string of the molecule is CC(Sc1n[nH]c(C2CC2)n1)C(=O)N(C)C. The zero-order chi connectivity index (χ0) is 11.7. The molecule has 0 aliphatic heterocycles. The van der Waals surface area contributed by atoms with Crippen molar-refractivity contribution < 1.29 is 4.79 Å². The van der Waals surface area contributed by atoms with E-state index in [1.807, 2.05) is 6.92 Å². The molecule has 0 saturated heterocycles. The predicted octanol–water partition coefficient (Wildman–Crippen LogP) is 1.25. The highest BCUT2D eigenvalue weighted by Crippen LogP contribution is 2.38. The molecule has 0 bridgehead atoms. The summed E-state index contributed by atoms with van der Waals surface area (Å²) < 4.78 is 0. The van der Waals surface area contributed by atoms with Gasteiger partial charge in [-0.15, -0.1) is 5.10 Å². The Morgan fingerprint density at radius 1 is 1.56 bits per heavy atom. The van der Waals surface area contributed by atoms with E-state index in [0.29, 0.717) is 11.1 Å². The predicted molar refractivity (Wildman–Crippen MR) is 62.4 cm³/mol. The Labute approximate surface area is 99.0 Å². The van der Waals surface area contributed by atoms with Crippen LogP contribution in [0.2, 0.25) is 0 Å². The van der Waals surface area contributed by atoms with Crippen molar-refractivity contribution in [1.29, 1.82) is 0 Å². The maximum atomic E-state index is 11.6. The molecular weight excluding hydrogens is 224 g/mol. The molecular formula is C10H16N4OS. The number of aromatic amines is 1. The summed E-state index contributed by atoms with van der Waals surface area (Å²) in [5.41, 5.74) is 0. The molecule has 6 heteroatoms. The van der Waals surface area contributed by atoms with E-state index in [0.717, 1.165) is 5.82 Å². The second kappa shape index (κ2) is 4.45. The van der Waals surface area contributed by atoms with E-state index in [-0.39, 0.29) is 11.2 Å². The zero-order valence-corrected chi connectivity index (χ0v) is 10.5. The lowest BCUT2D eigenvalue weighted by Gasteiger charge is -2.14. The molecule has 1 saturated carbocycles. The molecule has 16 heavy (non-hydrogen) atoms. The van der Waals surface area contributed by atoms with Crippen molar-refractivity contribution >= 4 is 17.7 Å². The molecule has 5 nitrogen and oxygen atoms in total. The van der Waals surface area contributed by atoms with Crippen molar-refractivity contribution in [3.8, 4) is 0 Å². The first-order valence-corrected chi connectivity index (χ1v) is 6.26. The Bertz CT molecular complexity index is 386. The third-order valence-electron chi connectivity index (χ3n) is 2.52. The van der Waals surface area contributed by atoms with Crippen LogP contribution in [0, 0.1) is 0 Å². The van der Waals surface area contributed by atoms with Gasteiger partial charge >= 0.3 is 0 Å². The second-order valence-corrected chi connectivity index (χ2v) is 5.58. The Morgan fingerprint density at radius 2 is 2.25 bits per heavy atom. The number of nitrogens with one attached hydrogen (secondary N) is 1. The van der Waals surface area contributed by atoms with Crippen molar-refractivity contribution in [2.75, 3.05) is 14.1 Å². The normalized spacial score (nSPS) is 17.2. The Balaban J connectivity index is 1.94. The smallest absolute Gasteiger partial charge is 0.235 e. The van der Waals surface area contributed by atoms with Crippen molar-refractivity contribution in [3.63, 3.8) is 0 Å². The highest BCUT2D eigenvalue weighted by atomic mass is 32.2. The first kappa shape index (κ1) is 11.4. The first-order chi connectivity index (χ1) is 7.58. The number of carbonyl (C=O) groups excluding carboxylic acids is 1. The summed E-state index contributed by atoms with van der Waals surface area (Å²) in [5, 5.41) is 7.58. The number of amides is 1. The zero-order valence-electron chi connectivity index (χ0n) is 9.73. The maximum Gasteiger partial charge on any atom is 0.235 e. The molecule has 88 valence electrons. The molecule has 1 atom stereocenters. The molecule has 1 amide bonds. The van der Waals surface area contributed by atoms with Gasteiger partial charge in [0, 0.05) is 20.0 Å². The number of nitrogens with zero attached hydrogens (tertiary/aromatic N) is 3. The van der Waals surface area contributed by atoms with Gasteiger partial charge in [0.05, 0.1) is 5.25 Å². The van der Waals surface area contributed by atoms with Crippen LogP contribution in [-0.2, 0) is 4.79 Å². The summed E-state index contributed by atoms with van der Waals surface area (Å²) in [5.74, 6) is 1.62. The van der Waals surface area contributed by atoms with Gasteiger partial charge in [-0.1, -0.05) is 11.8 Å². The number of hydrogen-bond acceptors (Lipinski definition) is 4. The van der Waals surface area contributed by atoms with Gasteiger partial charge in [-0.05, 0) is 19.8 Å². The van der Waals surface area contributed by atoms with Gasteiger partial charge in [-0.25, -0.2) is 4.98 Å². The molecule has 0 aromatic carbocycles.